The van der Waals surface area contributed by atoms with Crippen LogP contribution in [-0.4, -0.2) is 34.2 Å². The van der Waals surface area contributed by atoms with E-state index in [1.54, 1.807) is 6.20 Å². The number of hydrogen-bond acceptors (Lipinski definition) is 4. The van der Waals surface area contributed by atoms with Crippen molar-refractivity contribution in [3.8, 4) is 0 Å². The van der Waals surface area contributed by atoms with E-state index >= 15 is 0 Å². The van der Waals surface area contributed by atoms with Crippen molar-refractivity contribution >= 4 is 0 Å². The van der Waals surface area contributed by atoms with E-state index in [0.29, 0.717) is 6.04 Å². The Labute approximate surface area is 77.8 Å². The van der Waals surface area contributed by atoms with Crippen LogP contribution in [-0.2, 0) is 6.54 Å². The van der Waals surface area contributed by atoms with Gasteiger partial charge in [0.05, 0.1) is 5.69 Å². The van der Waals surface area contributed by atoms with E-state index in [1.165, 1.54) is 6.42 Å². The molecule has 0 spiro atoms. The Hall–Kier alpha value is -1.00. The molecule has 0 radical (unpaired) electrons. The van der Waals surface area contributed by atoms with Crippen molar-refractivity contribution < 1.29 is 0 Å². The molecule has 1 atom stereocenters. The molecule has 4 nitrogen and oxygen atoms in total. The third kappa shape index (κ3) is 1.84. The summed E-state index contributed by atoms with van der Waals surface area (Å²) in [5.41, 5.74) is 6.63. The standard InChI is InChI=1S/C9H14N4/c10-6-9-3-5-13(9)7-8-2-1-4-11-12-8/h1-2,4,9H,3,5-7,10H2. The van der Waals surface area contributed by atoms with E-state index in [2.05, 4.69) is 15.1 Å². The lowest BCUT2D eigenvalue weighted by atomic mass is 10.0. The Balaban J connectivity index is 1.92. The fourth-order valence-corrected chi connectivity index (χ4v) is 1.60. The first-order valence-corrected chi connectivity index (χ1v) is 4.61. The fourth-order valence-electron chi connectivity index (χ4n) is 1.60. The number of nitrogens with zero attached hydrogens (tertiary/aromatic N) is 3. The molecule has 0 aliphatic carbocycles. The van der Waals surface area contributed by atoms with Crippen LogP contribution in [0.4, 0.5) is 0 Å². The average Bonchev–Trinajstić information content (AvgIpc) is 2.15. The van der Waals surface area contributed by atoms with Gasteiger partial charge in [0, 0.05) is 31.9 Å². The van der Waals surface area contributed by atoms with Crippen molar-refractivity contribution in [3.63, 3.8) is 0 Å². The quantitative estimate of drug-likeness (QED) is 0.708. The zero-order valence-electron chi connectivity index (χ0n) is 7.56. The summed E-state index contributed by atoms with van der Waals surface area (Å²) in [7, 11) is 0. The van der Waals surface area contributed by atoms with E-state index in [-0.39, 0.29) is 0 Å². The maximum Gasteiger partial charge on any atom is 0.0771 e. The maximum atomic E-state index is 5.60. The van der Waals surface area contributed by atoms with Gasteiger partial charge < -0.3 is 5.73 Å². The summed E-state index contributed by atoms with van der Waals surface area (Å²) in [4.78, 5) is 2.34. The minimum atomic E-state index is 0.557. The van der Waals surface area contributed by atoms with Gasteiger partial charge in [-0.15, -0.1) is 0 Å². The molecule has 0 saturated carbocycles. The number of hydrogen-bond donors (Lipinski definition) is 1. The van der Waals surface area contributed by atoms with Crippen molar-refractivity contribution in [1.82, 2.24) is 15.1 Å². The van der Waals surface area contributed by atoms with Gasteiger partial charge >= 0.3 is 0 Å². The normalized spacial score (nSPS) is 22.7. The van der Waals surface area contributed by atoms with E-state index in [1.807, 2.05) is 12.1 Å². The third-order valence-corrected chi connectivity index (χ3v) is 2.53. The van der Waals surface area contributed by atoms with Crippen molar-refractivity contribution in [2.45, 2.75) is 19.0 Å². The Morgan fingerprint density at radius 3 is 3.08 bits per heavy atom. The van der Waals surface area contributed by atoms with E-state index in [0.717, 1.165) is 25.3 Å². The molecule has 0 bridgehead atoms. The van der Waals surface area contributed by atoms with Gasteiger partial charge in [-0.3, -0.25) is 4.90 Å². The zero-order chi connectivity index (χ0) is 9.10. The highest BCUT2D eigenvalue weighted by Crippen LogP contribution is 2.17. The van der Waals surface area contributed by atoms with Crippen molar-refractivity contribution in [3.05, 3.63) is 24.0 Å². The molecule has 13 heavy (non-hydrogen) atoms. The van der Waals surface area contributed by atoms with Crippen LogP contribution in [0.25, 0.3) is 0 Å². The molecule has 1 unspecified atom stereocenters. The Morgan fingerprint density at radius 1 is 1.62 bits per heavy atom. The van der Waals surface area contributed by atoms with E-state index in [4.69, 9.17) is 5.73 Å². The molecule has 1 saturated heterocycles. The van der Waals surface area contributed by atoms with Gasteiger partial charge in [-0.2, -0.15) is 10.2 Å². The molecule has 1 aliphatic rings. The molecule has 2 rings (SSSR count). The second-order valence-corrected chi connectivity index (χ2v) is 3.36. The van der Waals surface area contributed by atoms with Gasteiger partial charge in [0.1, 0.15) is 0 Å². The number of likely N-dealkylation sites (tertiary alicyclic amines) is 1. The van der Waals surface area contributed by atoms with Crippen LogP contribution in [0.15, 0.2) is 18.3 Å². The first kappa shape index (κ1) is 8.59. The van der Waals surface area contributed by atoms with Crippen LogP contribution in [0.3, 0.4) is 0 Å². The smallest absolute Gasteiger partial charge is 0.0771 e. The fraction of sp³-hybridized carbons (Fsp3) is 0.556. The van der Waals surface area contributed by atoms with Crippen LogP contribution < -0.4 is 5.73 Å². The number of rotatable bonds is 3. The molecule has 1 aliphatic heterocycles. The van der Waals surface area contributed by atoms with Crippen LogP contribution in [0, 0.1) is 0 Å². The zero-order valence-corrected chi connectivity index (χ0v) is 7.56. The maximum absolute atomic E-state index is 5.60. The molecule has 4 heteroatoms. The average molecular weight is 178 g/mol. The summed E-state index contributed by atoms with van der Waals surface area (Å²) < 4.78 is 0. The van der Waals surface area contributed by atoms with Crippen molar-refractivity contribution in [2.24, 2.45) is 5.73 Å². The van der Waals surface area contributed by atoms with Crippen LogP contribution in [0.1, 0.15) is 12.1 Å². The predicted molar refractivity (Wildman–Crippen MR) is 49.9 cm³/mol. The van der Waals surface area contributed by atoms with Gasteiger partial charge in [-0.1, -0.05) is 0 Å². The SMILES string of the molecule is NCC1CCN1Cc1cccnn1. The topological polar surface area (TPSA) is 55.0 Å². The van der Waals surface area contributed by atoms with Gasteiger partial charge in [0.25, 0.3) is 0 Å². The molecule has 0 amide bonds. The molecular formula is C9H14N4. The molecule has 1 aromatic rings. The van der Waals surface area contributed by atoms with Gasteiger partial charge in [-0.25, -0.2) is 0 Å². The molecule has 0 aromatic carbocycles. The number of aromatic nitrogens is 2. The first-order valence-electron chi connectivity index (χ1n) is 4.61. The highest BCUT2D eigenvalue weighted by atomic mass is 15.2. The molecule has 2 heterocycles. The predicted octanol–water partition coefficient (Wildman–Crippen LogP) is 0.00960. The summed E-state index contributed by atoms with van der Waals surface area (Å²) in [6.45, 7) is 2.77. The lowest BCUT2D eigenvalue weighted by Crippen LogP contribution is -2.51. The van der Waals surface area contributed by atoms with Crippen molar-refractivity contribution in [1.29, 1.82) is 0 Å². The number of nitrogens with two attached hydrogens (primary N) is 1. The lowest BCUT2D eigenvalue weighted by molar-refractivity contribution is 0.0864. The summed E-state index contributed by atoms with van der Waals surface area (Å²) in [6, 6.07) is 4.47. The van der Waals surface area contributed by atoms with Crippen molar-refractivity contribution in [2.75, 3.05) is 13.1 Å². The van der Waals surface area contributed by atoms with Gasteiger partial charge in [-0.05, 0) is 18.6 Å². The molecule has 70 valence electrons. The Bertz CT molecular complexity index is 260. The van der Waals surface area contributed by atoms with Gasteiger partial charge in [0.15, 0.2) is 0 Å². The second kappa shape index (κ2) is 3.81. The van der Waals surface area contributed by atoms with Gasteiger partial charge in [0.2, 0.25) is 0 Å². The lowest BCUT2D eigenvalue weighted by Gasteiger charge is -2.39. The molecular weight excluding hydrogens is 164 g/mol. The van der Waals surface area contributed by atoms with Crippen LogP contribution in [0.5, 0.6) is 0 Å². The molecule has 1 aromatic heterocycles. The highest BCUT2D eigenvalue weighted by Gasteiger charge is 2.26. The summed E-state index contributed by atoms with van der Waals surface area (Å²) >= 11 is 0. The Morgan fingerprint density at radius 2 is 2.54 bits per heavy atom. The highest BCUT2D eigenvalue weighted by molar-refractivity contribution is 5.00. The Kier molecular flexibility index (Phi) is 2.52. The summed E-state index contributed by atoms with van der Waals surface area (Å²) in [5.74, 6) is 0. The minimum Gasteiger partial charge on any atom is -0.329 e. The largest absolute Gasteiger partial charge is 0.329 e. The minimum absolute atomic E-state index is 0.557. The third-order valence-electron chi connectivity index (χ3n) is 2.53. The van der Waals surface area contributed by atoms with Crippen LogP contribution >= 0.6 is 0 Å². The first-order chi connectivity index (χ1) is 6.40. The second-order valence-electron chi connectivity index (χ2n) is 3.36. The summed E-state index contributed by atoms with van der Waals surface area (Å²) in [6.07, 6.45) is 2.91. The monoisotopic (exact) mass is 178 g/mol. The van der Waals surface area contributed by atoms with E-state index < -0.39 is 0 Å². The molecule has 2 N–H and O–H groups in total. The summed E-state index contributed by atoms with van der Waals surface area (Å²) in [5, 5.41) is 7.88. The molecule has 1 fully saturated rings. The van der Waals surface area contributed by atoms with E-state index in [9.17, 15) is 0 Å². The van der Waals surface area contributed by atoms with Crippen LogP contribution in [0.2, 0.25) is 0 Å².